The molecule has 0 radical (unpaired) electrons. The van der Waals surface area contributed by atoms with E-state index in [1.54, 1.807) is 0 Å². The Morgan fingerprint density at radius 2 is 1.57 bits per heavy atom. The average Bonchev–Trinajstić information content (AvgIpc) is 3.02. The smallest absolute Gasteiger partial charge is 0.0120 e. The zero-order valence-corrected chi connectivity index (χ0v) is 13.6. The van der Waals surface area contributed by atoms with E-state index in [-0.39, 0.29) is 0 Å². The van der Waals surface area contributed by atoms with Crippen LogP contribution in [0.25, 0.3) is 0 Å². The molecule has 0 aromatic heterocycles. The fraction of sp³-hybridized carbons (Fsp3) is 0.895. The largest absolute Gasteiger partial charge is 0.303 e. The van der Waals surface area contributed by atoms with Gasteiger partial charge in [-0.3, -0.25) is 0 Å². The molecule has 118 valence electrons. The van der Waals surface area contributed by atoms with E-state index in [1.165, 1.54) is 84.1 Å². The molecule has 2 aliphatic heterocycles. The third kappa shape index (κ3) is 3.22. The quantitative estimate of drug-likeness (QED) is 0.733. The average molecular weight is 288 g/mol. The second-order valence-electron chi connectivity index (χ2n) is 8.02. The Hall–Kier alpha value is -0.340. The van der Waals surface area contributed by atoms with Crippen LogP contribution in [0, 0.1) is 17.8 Å². The Labute approximate surface area is 130 Å². The van der Waals surface area contributed by atoms with Gasteiger partial charge in [0.2, 0.25) is 0 Å². The zero-order valence-electron chi connectivity index (χ0n) is 13.6. The number of likely N-dealkylation sites (tertiary alicyclic amines) is 2. The Kier molecular flexibility index (Phi) is 4.36. The predicted octanol–water partition coefficient (Wildman–Crippen LogP) is 3.54. The van der Waals surface area contributed by atoms with Crippen LogP contribution in [0.15, 0.2) is 12.2 Å². The van der Waals surface area contributed by atoms with Crippen LogP contribution in [0.3, 0.4) is 0 Å². The van der Waals surface area contributed by atoms with E-state index in [0.717, 1.165) is 23.8 Å². The van der Waals surface area contributed by atoms with Crippen LogP contribution in [-0.4, -0.2) is 48.6 Å². The molecule has 2 nitrogen and oxygen atoms in total. The fourth-order valence-electron chi connectivity index (χ4n) is 5.36. The minimum Gasteiger partial charge on any atom is -0.303 e. The first kappa shape index (κ1) is 14.3. The first-order valence-corrected chi connectivity index (χ1v) is 9.53. The SMILES string of the molecule is C1=C[C@@H]2C[C@H]1C[C@@H]2CN1CCC(N2CCCCCC2)CC1. The normalized spacial score (nSPS) is 39.0. The van der Waals surface area contributed by atoms with Crippen LogP contribution in [0.5, 0.6) is 0 Å². The summed E-state index contributed by atoms with van der Waals surface area (Å²) < 4.78 is 0. The zero-order chi connectivity index (χ0) is 14.1. The van der Waals surface area contributed by atoms with E-state index in [9.17, 15) is 0 Å². The van der Waals surface area contributed by atoms with E-state index in [1.807, 2.05) is 0 Å². The van der Waals surface area contributed by atoms with Crippen molar-refractivity contribution >= 4 is 0 Å². The second-order valence-corrected chi connectivity index (χ2v) is 8.02. The summed E-state index contributed by atoms with van der Waals surface area (Å²) in [6.45, 7) is 6.86. The van der Waals surface area contributed by atoms with Crippen molar-refractivity contribution in [2.75, 3.05) is 32.7 Å². The van der Waals surface area contributed by atoms with Gasteiger partial charge in [0.15, 0.2) is 0 Å². The Balaban J connectivity index is 1.24. The van der Waals surface area contributed by atoms with Crippen LogP contribution >= 0.6 is 0 Å². The van der Waals surface area contributed by atoms with Crippen LogP contribution in [-0.2, 0) is 0 Å². The maximum absolute atomic E-state index is 2.82. The number of allylic oxidation sites excluding steroid dienone is 2. The minimum absolute atomic E-state index is 0.902. The third-order valence-corrected chi connectivity index (χ3v) is 6.62. The molecule has 2 bridgehead atoms. The van der Waals surface area contributed by atoms with E-state index < -0.39 is 0 Å². The Morgan fingerprint density at radius 1 is 0.810 bits per heavy atom. The van der Waals surface area contributed by atoms with E-state index >= 15 is 0 Å². The van der Waals surface area contributed by atoms with Gasteiger partial charge in [0.1, 0.15) is 0 Å². The van der Waals surface area contributed by atoms with E-state index in [0.29, 0.717) is 0 Å². The van der Waals surface area contributed by atoms with E-state index in [4.69, 9.17) is 0 Å². The van der Waals surface area contributed by atoms with Crippen molar-refractivity contribution in [3.8, 4) is 0 Å². The summed E-state index contributed by atoms with van der Waals surface area (Å²) in [6.07, 6.45) is 16.6. The van der Waals surface area contributed by atoms with Gasteiger partial charge >= 0.3 is 0 Å². The third-order valence-electron chi connectivity index (χ3n) is 6.62. The molecule has 0 aromatic carbocycles. The molecule has 0 N–H and O–H groups in total. The molecule has 0 spiro atoms. The molecular formula is C19H32N2. The van der Waals surface area contributed by atoms with Crippen LogP contribution in [0.4, 0.5) is 0 Å². The summed E-state index contributed by atoms with van der Waals surface area (Å²) in [4.78, 5) is 5.61. The van der Waals surface area contributed by atoms with Crippen molar-refractivity contribution in [3.05, 3.63) is 12.2 Å². The molecule has 2 heterocycles. The topological polar surface area (TPSA) is 6.48 Å². The van der Waals surface area contributed by atoms with Gasteiger partial charge in [-0.1, -0.05) is 25.0 Å². The first-order chi connectivity index (χ1) is 10.4. The summed E-state index contributed by atoms with van der Waals surface area (Å²) in [5.74, 6) is 2.85. The highest BCUT2D eigenvalue weighted by Crippen LogP contribution is 2.43. The molecule has 21 heavy (non-hydrogen) atoms. The van der Waals surface area contributed by atoms with Crippen molar-refractivity contribution in [3.63, 3.8) is 0 Å². The predicted molar refractivity (Wildman–Crippen MR) is 88.3 cm³/mol. The second kappa shape index (κ2) is 6.42. The number of nitrogens with zero attached hydrogens (tertiary/aromatic N) is 2. The Morgan fingerprint density at radius 3 is 2.19 bits per heavy atom. The number of fused-ring (bicyclic) bond motifs is 2. The molecule has 4 rings (SSSR count). The maximum atomic E-state index is 2.82. The highest BCUT2D eigenvalue weighted by atomic mass is 15.2. The summed E-state index contributed by atoms with van der Waals surface area (Å²) in [5.41, 5.74) is 0. The molecule has 3 atom stereocenters. The van der Waals surface area contributed by atoms with Gasteiger partial charge in [0.05, 0.1) is 0 Å². The molecule has 4 aliphatic rings. The van der Waals surface area contributed by atoms with Crippen molar-refractivity contribution in [2.24, 2.45) is 17.8 Å². The Bertz CT molecular complexity index is 362. The molecule has 2 saturated heterocycles. The molecular weight excluding hydrogens is 256 g/mol. The van der Waals surface area contributed by atoms with Crippen LogP contribution in [0.1, 0.15) is 51.4 Å². The standard InChI is InChI=1S/C19H32N2/c1-2-4-10-21(9-3-1)19-7-11-20(12-8-19)15-18-14-16-5-6-17(18)13-16/h5-6,16-19H,1-4,7-15H2/t16-,17+,18+/m0/s1. The molecule has 2 heteroatoms. The van der Waals surface area contributed by atoms with Gasteiger partial charge in [-0.25, -0.2) is 0 Å². The molecule has 0 aromatic rings. The summed E-state index contributed by atoms with van der Waals surface area (Å²) in [6, 6.07) is 0.902. The summed E-state index contributed by atoms with van der Waals surface area (Å²) in [7, 11) is 0. The van der Waals surface area contributed by atoms with Crippen LogP contribution < -0.4 is 0 Å². The lowest BCUT2D eigenvalue weighted by molar-refractivity contribution is 0.0980. The number of hydrogen-bond acceptors (Lipinski definition) is 2. The lowest BCUT2D eigenvalue weighted by Crippen LogP contribution is -2.46. The summed E-state index contributed by atoms with van der Waals surface area (Å²) in [5, 5.41) is 0. The van der Waals surface area contributed by atoms with Gasteiger partial charge in [-0.2, -0.15) is 0 Å². The molecule has 2 aliphatic carbocycles. The number of rotatable bonds is 3. The van der Waals surface area contributed by atoms with Gasteiger partial charge in [0.25, 0.3) is 0 Å². The van der Waals surface area contributed by atoms with Crippen LogP contribution in [0.2, 0.25) is 0 Å². The van der Waals surface area contributed by atoms with Gasteiger partial charge < -0.3 is 9.80 Å². The minimum atomic E-state index is 0.902. The molecule has 0 unspecified atom stereocenters. The van der Waals surface area contributed by atoms with Crippen molar-refractivity contribution in [1.82, 2.24) is 9.80 Å². The fourth-order valence-corrected chi connectivity index (χ4v) is 5.36. The molecule has 3 fully saturated rings. The van der Waals surface area contributed by atoms with Gasteiger partial charge in [-0.05, 0) is 82.5 Å². The summed E-state index contributed by atoms with van der Waals surface area (Å²) >= 11 is 0. The highest BCUT2D eigenvalue weighted by molar-refractivity contribution is 5.10. The molecule has 1 saturated carbocycles. The van der Waals surface area contributed by atoms with Crippen molar-refractivity contribution < 1.29 is 0 Å². The molecule has 0 amide bonds. The maximum Gasteiger partial charge on any atom is 0.0120 e. The number of piperidine rings is 1. The highest BCUT2D eigenvalue weighted by Gasteiger charge is 2.37. The lowest BCUT2D eigenvalue weighted by atomic mass is 9.92. The van der Waals surface area contributed by atoms with Gasteiger partial charge in [-0.15, -0.1) is 0 Å². The monoisotopic (exact) mass is 288 g/mol. The number of hydrogen-bond donors (Lipinski definition) is 0. The van der Waals surface area contributed by atoms with E-state index in [2.05, 4.69) is 22.0 Å². The van der Waals surface area contributed by atoms with Gasteiger partial charge in [0, 0.05) is 12.6 Å². The van der Waals surface area contributed by atoms with Crippen molar-refractivity contribution in [1.29, 1.82) is 0 Å². The first-order valence-electron chi connectivity index (χ1n) is 9.53. The van der Waals surface area contributed by atoms with Crippen molar-refractivity contribution in [2.45, 2.75) is 57.4 Å². The lowest BCUT2D eigenvalue weighted by Gasteiger charge is -2.39.